The zero-order chi connectivity index (χ0) is 14.0. The zero-order valence-electron chi connectivity index (χ0n) is 10.3. The number of anilines is 1. The number of rotatable bonds is 4. The standard InChI is InChI=1S/C13H13Cl2NO3/c1-7-5-8(7)13(18)19-6-11(17)16-10-4-2-3-9(14)12(10)15/h2-4,7-8H,5-6H2,1H3,(H,16,17)/t7-,8-/m0/s1. The number of hydrogen-bond donors (Lipinski definition) is 1. The molecule has 0 aromatic heterocycles. The van der Waals surface area contributed by atoms with Crippen LogP contribution in [-0.4, -0.2) is 18.5 Å². The van der Waals surface area contributed by atoms with Crippen LogP contribution in [0.3, 0.4) is 0 Å². The molecule has 1 aliphatic carbocycles. The van der Waals surface area contributed by atoms with Gasteiger partial charge in [-0.3, -0.25) is 9.59 Å². The highest BCUT2D eigenvalue weighted by atomic mass is 35.5. The number of carbonyl (C=O) groups excluding carboxylic acids is 2. The summed E-state index contributed by atoms with van der Waals surface area (Å²) in [4.78, 5) is 23.1. The highest BCUT2D eigenvalue weighted by molar-refractivity contribution is 6.43. The number of hydrogen-bond acceptors (Lipinski definition) is 3. The molecule has 1 fully saturated rings. The molecule has 102 valence electrons. The molecule has 0 bridgehead atoms. The van der Waals surface area contributed by atoms with Crippen molar-refractivity contribution >= 4 is 40.8 Å². The Labute approximate surface area is 121 Å². The molecule has 0 aliphatic heterocycles. The number of carbonyl (C=O) groups is 2. The van der Waals surface area contributed by atoms with Gasteiger partial charge in [0.05, 0.1) is 21.7 Å². The van der Waals surface area contributed by atoms with Gasteiger partial charge in [0, 0.05) is 0 Å². The normalized spacial score (nSPS) is 20.8. The zero-order valence-corrected chi connectivity index (χ0v) is 11.8. The second-order valence-corrected chi connectivity index (χ2v) is 5.36. The number of nitrogens with one attached hydrogen (secondary N) is 1. The van der Waals surface area contributed by atoms with Crippen LogP contribution in [0, 0.1) is 11.8 Å². The number of ether oxygens (including phenoxy) is 1. The molecule has 0 unspecified atom stereocenters. The van der Waals surface area contributed by atoms with Gasteiger partial charge in [-0.15, -0.1) is 0 Å². The highest BCUT2D eigenvalue weighted by Gasteiger charge is 2.40. The summed E-state index contributed by atoms with van der Waals surface area (Å²) >= 11 is 11.7. The van der Waals surface area contributed by atoms with Crippen molar-refractivity contribution in [3.63, 3.8) is 0 Å². The van der Waals surface area contributed by atoms with Crippen molar-refractivity contribution in [1.29, 1.82) is 0 Å². The summed E-state index contributed by atoms with van der Waals surface area (Å²) in [6.07, 6.45) is 0.834. The molecule has 2 rings (SSSR count). The summed E-state index contributed by atoms with van der Waals surface area (Å²) in [5.74, 6) is -0.453. The molecule has 1 aromatic rings. The van der Waals surface area contributed by atoms with E-state index in [-0.39, 0.29) is 23.5 Å². The van der Waals surface area contributed by atoms with Gasteiger partial charge in [0.25, 0.3) is 5.91 Å². The molecular weight excluding hydrogens is 289 g/mol. The van der Waals surface area contributed by atoms with Crippen LogP contribution in [0.1, 0.15) is 13.3 Å². The van der Waals surface area contributed by atoms with E-state index in [0.29, 0.717) is 16.6 Å². The van der Waals surface area contributed by atoms with Gasteiger partial charge in [-0.05, 0) is 24.5 Å². The van der Waals surface area contributed by atoms with Crippen molar-refractivity contribution in [2.45, 2.75) is 13.3 Å². The van der Waals surface area contributed by atoms with E-state index in [9.17, 15) is 9.59 Å². The average molecular weight is 302 g/mol. The van der Waals surface area contributed by atoms with Crippen LogP contribution in [0.5, 0.6) is 0 Å². The number of benzene rings is 1. The Morgan fingerprint density at radius 2 is 2.11 bits per heavy atom. The van der Waals surface area contributed by atoms with Crippen molar-refractivity contribution in [3.05, 3.63) is 28.2 Å². The van der Waals surface area contributed by atoms with Gasteiger partial charge in [0.1, 0.15) is 0 Å². The Balaban J connectivity index is 1.84. The third-order valence-electron chi connectivity index (χ3n) is 2.98. The number of halogens is 2. The topological polar surface area (TPSA) is 55.4 Å². The predicted molar refractivity (Wildman–Crippen MR) is 73.3 cm³/mol. The second-order valence-electron chi connectivity index (χ2n) is 4.58. The van der Waals surface area contributed by atoms with Crippen LogP contribution < -0.4 is 5.32 Å². The van der Waals surface area contributed by atoms with Crippen molar-refractivity contribution in [2.24, 2.45) is 11.8 Å². The van der Waals surface area contributed by atoms with E-state index in [0.717, 1.165) is 6.42 Å². The molecule has 4 nitrogen and oxygen atoms in total. The van der Waals surface area contributed by atoms with E-state index in [2.05, 4.69) is 5.32 Å². The lowest BCUT2D eigenvalue weighted by atomic mass is 10.3. The molecule has 0 saturated heterocycles. The van der Waals surface area contributed by atoms with E-state index < -0.39 is 5.91 Å². The summed E-state index contributed by atoms with van der Waals surface area (Å²) in [6, 6.07) is 4.91. The van der Waals surface area contributed by atoms with E-state index in [4.69, 9.17) is 27.9 Å². The predicted octanol–water partition coefficient (Wildman–Crippen LogP) is 3.13. The lowest BCUT2D eigenvalue weighted by Crippen LogP contribution is -2.21. The van der Waals surface area contributed by atoms with Crippen molar-refractivity contribution in [3.8, 4) is 0 Å². The summed E-state index contributed by atoms with van der Waals surface area (Å²) in [6.45, 7) is 1.66. The molecule has 1 N–H and O–H groups in total. The fourth-order valence-corrected chi connectivity index (χ4v) is 2.03. The van der Waals surface area contributed by atoms with Crippen LogP contribution in [0.2, 0.25) is 10.0 Å². The maximum absolute atomic E-state index is 11.6. The molecule has 19 heavy (non-hydrogen) atoms. The van der Waals surface area contributed by atoms with Gasteiger partial charge < -0.3 is 10.1 Å². The lowest BCUT2D eigenvalue weighted by Gasteiger charge is -2.08. The first-order valence-corrected chi connectivity index (χ1v) is 6.65. The molecule has 0 radical (unpaired) electrons. The molecular formula is C13H13Cl2NO3. The van der Waals surface area contributed by atoms with Gasteiger partial charge in [-0.2, -0.15) is 0 Å². The quantitative estimate of drug-likeness (QED) is 0.869. The molecule has 0 spiro atoms. The minimum atomic E-state index is -0.439. The van der Waals surface area contributed by atoms with E-state index in [1.54, 1.807) is 18.2 Å². The molecule has 1 amide bonds. The Morgan fingerprint density at radius 1 is 1.42 bits per heavy atom. The van der Waals surface area contributed by atoms with E-state index in [1.165, 1.54) is 0 Å². The Morgan fingerprint density at radius 3 is 2.74 bits per heavy atom. The summed E-state index contributed by atoms with van der Waals surface area (Å²) in [5.41, 5.74) is 0.398. The van der Waals surface area contributed by atoms with Gasteiger partial charge in [0.15, 0.2) is 6.61 Å². The number of amides is 1. The van der Waals surface area contributed by atoms with Gasteiger partial charge >= 0.3 is 5.97 Å². The lowest BCUT2D eigenvalue weighted by molar-refractivity contribution is -0.148. The smallest absolute Gasteiger partial charge is 0.309 e. The Hall–Kier alpha value is -1.26. The molecule has 1 saturated carbocycles. The fourth-order valence-electron chi connectivity index (χ4n) is 1.68. The molecule has 1 aromatic carbocycles. The Bertz CT molecular complexity index is 519. The third-order valence-corrected chi connectivity index (χ3v) is 3.80. The SMILES string of the molecule is C[C@H]1C[C@@H]1C(=O)OCC(=O)Nc1cccc(Cl)c1Cl. The summed E-state index contributed by atoms with van der Waals surface area (Å²) < 4.78 is 4.91. The average Bonchev–Trinajstić information content (AvgIpc) is 3.09. The second kappa shape index (κ2) is 5.80. The first kappa shape index (κ1) is 14.2. The van der Waals surface area contributed by atoms with Crippen molar-refractivity contribution < 1.29 is 14.3 Å². The summed E-state index contributed by atoms with van der Waals surface area (Å²) in [5, 5.41) is 3.16. The largest absolute Gasteiger partial charge is 0.455 e. The van der Waals surface area contributed by atoms with Crippen LogP contribution in [0.15, 0.2) is 18.2 Å². The molecule has 6 heteroatoms. The molecule has 2 atom stereocenters. The Kier molecular flexibility index (Phi) is 4.32. The van der Waals surface area contributed by atoms with Crippen molar-refractivity contribution in [2.75, 3.05) is 11.9 Å². The first-order valence-electron chi connectivity index (χ1n) is 5.89. The summed E-state index contributed by atoms with van der Waals surface area (Å²) in [7, 11) is 0. The van der Waals surface area contributed by atoms with Crippen molar-refractivity contribution in [1.82, 2.24) is 0 Å². The first-order chi connectivity index (χ1) is 8.99. The monoisotopic (exact) mass is 301 g/mol. The maximum atomic E-state index is 11.6. The van der Waals surface area contributed by atoms with E-state index >= 15 is 0 Å². The molecule has 1 aliphatic rings. The molecule has 0 heterocycles. The van der Waals surface area contributed by atoms with Gasteiger partial charge in [-0.1, -0.05) is 36.2 Å². The van der Waals surface area contributed by atoms with E-state index in [1.807, 2.05) is 6.92 Å². The number of esters is 1. The third kappa shape index (κ3) is 3.61. The maximum Gasteiger partial charge on any atom is 0.309 e. The van der Waals surface area contributed by atoms with Crippen LogP contribution in [0.25, 0.3) is 0 Å². The van der Waals surface area contributed by atoms with Gasteiger partial charge in [-0.25, -0.2) is 0 Å². The van der Waals surface area contributed by atoms with Crippen LogP contribution in [0.4, 0.5) is 5.69 Å². The fraction of sp³-hybridized carbons (Fsp3) is 0.385. The van der Waals surface area contributed by atoms with Crippen LogP contribution in [-0.2, 0) is 14.3 Å². The minimum Gasteiger partial charge on any atom is -0.455 e. The highest BCUT2D eigenvalue weighted by Crippen LogP contribution is 2.38. The van der Waals surface area contributed by atoms with Crippen LogP contribution >= 0.6 is 23.2 Å². The minimum absolute atomic E-state index is 0.0532. The van der Waals surface area contributed by atoms with Gasteiger partial charge in [0.2, 0.25) is 0 Å².